The molecule has 10 aromatic rings. The van der Waals surface area contributed by atoms with Crippen molar-refractivity contribution in [2.75, 3.05) is 4.90 Å². The fraction of sp³-hybridized carbons (Fsp3) is 0. The maximum atomic E-state index is 6.67. The van der Waals surface area contributed by atoms with E-state index in [4.69, 9.17) is 4.42 Å². The van der Waals surface area contributed by atoms with Gasteiger partial charge in [-0.15, -0.1) is 0 Å². The minimum atomic E-state index is 0.860. The van der Waals surface area contributed by atoms with Crippen LogP contribution in [0.15, 0.2) is 229 Å². The molecule has 0 unspecified atom stereocenters. The summed E-state index contributed by atoms with van der Waals surface area (Å²) in [4.78, 5) is 2.34. The third-order valence-electron chi connectivity index (χ3n) is 10.7. The highest BCUT2D eigenvalue weighted by atomic mass is 16.3. The highest BCUT2D eigenvalue weighted by Crippen LogP contribution is 2.44. The molecule has 0 spiro atoms. The average molecular weight is 716 g/mol. The maximum absolute atomic E-state index is 6.67. The van der Waals surface area contributed by atoms with E-state index in [2.05, 4.69) is 223 Å². The predicted molar refractivity (Wildman–Crippen MR) is 236 cm³/mol. The van der Waals surface area contributed by atoms with Gasteiger partial charge in [-0.25, -0.2) is 0 Å². The summed E-state index contributed by atoms with van der Waals surface area (Å²) in [5, 5.41) is 3.59. The van der Waals surface area contributed by atoms with Crippen LogP contribution in [0, 0.1) is 0 Å². The number of nitrogens with zero attached hydrogens (tertiary/aromatic N) is 1. The molecule has 2 heteroatoms. The van der Waals surface area contributed by atoms with Gasteiger partial charge in [0.25, 0.3) is 0 Å². The van der Waals surface area contributed by atoms with Crippen LogP contribution in [0.1, 0.15) is 0 Å². The van der Waals surface area contributed by atoms with Crippen LogP contribution in [-0.2, 0) is 0 Å². The fourth-order valence-electron chi connectivity index (χ4n) is 7.95. The van der Waals surface area contributed by atoms with E-state index in [1.807, 2.05) is 6.07 Å². The van der Waals surface area contributed by atoms with Crippen LogP contribution in [0.5, 0.6) is 0 Å². The Morgan fingerprint density at radius 1 is 0.304 bits per heavy atom. The summed E-state index contributed by atoms with van der Waals surface area (Å²) in [5.41, 5.74) is 14.5. The molecule has 0 N–H and O–H groups in total. The number of hydrogen-bond acceptors (Lipinski definition) is 2. The van der Waals surface area contributed by atoms with Crippen LogP contribution < -0.4 is 4.90 Å². The summed E-state index contributed by atoms with van der Waals surface area (Å²) in [6.07, 6.45) is 0. The number of para-hydroxylation sites is 1. The molecule has 0 atom stereocenters. The van der Waals surface area contributed by atoms with E-state index in [1.54, 1.807) is 0 Å². The van der Waals surface area contributed by atoms with Gasteiger partial charge in [0.15, 0.2) is 0 Å². The molecule has 1 aromatic heterocycles. The largest absolute Gasteiger partial charge is 0.455 e. The molecule has 9 aromatic carbocycles. The van der Waals surface area contributed by atoms with E-state index in [-0.39, 0.29) is 0 Å². The van der Waals surface area contributed by atoms with Crippen molar-refractivity contribution in [3.05, 3.63) is 224 Å². The molecule has 10 rings (SSSR count). The number of anilines is 3. The van der Waals surface area contributed by atoms with Crippen molar-refractivity contribution in [3.8, 4) is 55.8 Å². The lowest BCUT2D eigenvalue weighted by Gasteiger charge is -2.26. The standard InChI is InChI=1S/C54H37NO/c1-3-14-38(15-4-1)43-20-11-21-44(36-43)39-28-32-46(33-29-39)55(47-34-30-41(31-35-47)50-26-13-19-40-16-7-8-24-49(40)50)48-23-12-22-45(37-48)54-53(42-17-5-2-6-18-42)51-25-9-10-27-52(51)56-54/h1-37H. The fourth-order valence-corrected chi connectivity index (χ4v) is 7.95. The minimum absolute atomic E-state index is 0.860. The number of fused-ring (bicyclic) bond motifs is 2. The predicted octanol–water partition coefficient (Wildman–Crippen LogP) is 15.4. The molecule has 0 bridgehead atoms. The van der Waals surface area contributed by atoms with Crippen molar-refractivity contribution in [3.63, 3.8) is 0 Å². The second kappa shape index (κ2) is 14.4. The second-order valence-electron chi connectivity index (χ2n) is 14.1. The monoisotopic (exact) mass is 715 g/mol. The first kappa shape index (κ1) is 33.2. The van der Waals surface area contributed by atoms with E-state index in [9.17, 15) is 0 Å². The Morgan fingerprint density at radius 3 is 1.55 bits per heavy atom. The van der Waals surface area contributed by atoms with Gasteiger partial charge in [0.1, 0.15) is 11.3 Å². The molecule has 56 heavy (non-hydrogen) atoms. The number of furan rings is 1. The highest BCUT2D eigenvalue weighted by Gasteiger charge is 2.20. The van der Waals surface area contributed by atoms with Crippen molar-refractivity contribution in [1.29, 1.82) is 0 Å². The van der Waals surface area contributed by atoms with E-state index < -0.39 is 0 Å². The first-order valence-corrected chi connectivity index (χ1v) is 19.1. The molecule has 0 saturated heterocycles. The molecule has 264 valence electrons. The second-order valence-corrected chi connectivity index (χ2v) is 14.1. The molecule has 0 radical (unpaired) electrons. The Labute approximate surface area is 327 Å². The Kier molecular flexibility index (Phi) is 8.55. The lowest BCUT2D eigenvalue weighted by atomic mass is 9.97. The summed E-state index contributed by atoms with van der Waals surface area (Å²) in [7, 11) is 0. The normalized spacial score (nSPS) is 11.2. The van der Waals surface area contributed by atoms with Crippen molar-refractivity contribution >= 4 is 38.8 Å². The SMILES string of the molecule is c1ccc(-c2cccc(-c3ccc(N(c4ccc(-c5cccc6ccccc56)cc4)c4cccc(-c5oc6ccccc6c5-c5ccccc5)c4)cc3)c2)cc1. The van der Waals surface area contributed by atoms with Crippen LogP contribution >= 0.6 is 0 Å². The molecule has 2 nitrogen and oxygen atoms in total. The van der Waals surface area contributed by atoms with Gasteiger partial charge in [-0.1, -0.05) is 176 Å². The van der Waals surface area contributed by atoms with Crippen LogP contribution in [-0.4, -0.2) is 0 Å². The van der Waals surface area contributed by atoms with Gasteiger partial charge in [0, 0.05) is 33.6 Å². The first-order chi connectivity index (χ1) is 27.8. The van der Waals surface area contributed by atoms with Crippen molar-refractivity contribution in [2.45, 2.75) is 0 Å². The average Bonchev–Trinajstić information content (AvgIpc) is 3.68. The third-order valence-corrected chi connectivity index (χ3v) is 10.7. The van der Waals surface area contributed by atoms with Crippen molar-refractivity contribution in [2.24, 2.45) is 0 Å². The topological polar surface area (TPSA) is 16.4 Å². The van der Waals surface area contributed by atoms with Gasteiger partial charge in [-0.05, 0) is 98.2 Å². The Bertz CT molecular complexity index is 2940. The first-order valence-electron chi connectivity index (χ1n) is 19.1. The number of hydrogen-bond donors (Lipinski definition) is 0. The van der Waals surface area contributed by atoms with Crippen LogP contribution in [0.25, 0.3) is 77.6 Å². The maximum Gasteiger partial charge on any atom is 0.143 e. The molecular weight excluding hydrogens is 679 g/mol. The highest BCUT2D eigenvalue weighted by molar-refractivity contribution is 6.02. The van der Waals surface area contributed by atoms with Crippen LogP contribution in [0.4, 0.5) is 17.1 Å². The summed E-state index contributed by atoms with van der Waals surface area (Å²) >= 11 is 0. The summed E-state index contributed by atoms with van der Waals surface area (Å²) in [6.45, 7) is 0. The Morgan fingerprint density at radius 2 is 0.821 bits per heavy atom. The summed E-state index contributed by atoms with van der Waals surface area (Å²) in [6, 6.07) is 79.9. The molecular formula is C54H37NO. The van der Waals surface area contributed by atoms with E-state index in [0.29, 0.717) is 0 Å². The molecule has 0 aliphatic carbocycles. The Hall–Kier alpha value is -7.42. The zero-order valence-electron chi connectivity index (χ0n) is 30.7. The molecule has 0 saturated carbocycles. The van der Waals surface area contributed by atoms with E-state index in [1.165, 1.54) is 44.2 Å². The quantitative estimate of drug-likeness (QED) is 0.156. The van der Waals surface area contributed by atoms with Crippen LogP contribution in [0.3, 0.4) is 0 Å². The summed E-state index contributed by atoms with van der Waals surface area (Å²) in [5.74, 6) is 0.860. The van der Waals surface area contributed by atoms with Gasteiger partial charge >= 0.3 is 0 Å². The summed E-state index contributed by atoms with van der Waals surface area (Å²) < 4.78 is 6.67. The molecule has 1 heterocycles. The third kappa shape index (κ3) is 6.24. The van der Waals surface area contributed by atoms with Gasteiger partial charge in [0.2, 0.25) is 0 Å². The number of benzene rings is 9. The van der Waals surface area contributed by atoms with Crippen molar-refractivity contribution in [1.82, 2.24) is 0 Å². The minimum Gasteiger partial charge on any atom is -0.455 e. The lowest BCUT2D eigenvalue weighted by Crippen LogP contribution is -2.10. The zero-order valence-corrected chi connectivity index (χ0v) is 30.7. The molecule has 0 aliphatic rings. The molecule has 0 aliphatic heterocycles. The van der Waals surface area contributed by atoms with E-state index >= 15 is 0 Å². The van der Waals surface area contributed by atoms with Gasteiger partial charge in [-0.3, -0.25) is 0 Å². The molecule has 0 amide bonds. The smallest absolute Gasteiger partial charge is 0.143 e. The lowest BCUT2D eigenvalue weighted by molar-refractivity contribution is 0.632. The van der Waals surface area contributed by atoms with Crippen LogP contribution in [0.2, 0.25) is 0 Å². The van der Waals surface area contributed by atoms with E-state index in [0.717, 1.165) is 50.5 Å². The van der Waals surface area contributed by atoms with Gasteiger partial charge < -0.3 is 9.32 Å². The van der Waals surface area contributed by atoms with Gasteiger partial charge in [0.05, 0.1) is 0 Å². The Balaban J connectivity index is 1.08. The number of rotatable bonds is 8. The van der Waals surface area contributed by atoms with Crippen molar-refractivity contribution < 1.29 is 4.42 Å². The van der Waals surface area contributed by atoms with Gasteiger partial charge in [-0.2, -0.15) is 0 Å². The zero-order chi connectivity index (χ0) is 37.3. The molecule has 0 fully saturated rings.